The summed E-state index contributed by atoms with van der Waals surface area (Å²) in [4.78, 5) is 41.2. The topological polar surface area (TPSA) is 127 Å². The van der Waals surface area contributed by atoms with Crippen molar-refractivity contribution in [2.75, 3.05) is 17.7 Å². The lowest BCUT2D eigenvalue weighted by Gasteiger charge is -2.19. The average molecular weight is 665 g/mol. The fourth-order valence-electron chi connectivity index (χ4n) is 4.77. The van der Waals surface area contributed by atoms with Crippen LogP contribution in [0, 0.1) is 0 Å². The van der Waals surface area contributed by atoms with Crippen molar-refractivity contribution in [3.8, 4) is 5.75 Å². The molecule has 0 aliphatic heterocycles. The molecule has 2 amide bonds. The third-order valence-electron chi connectivity index (χ3n) is 7.30. The molecule has 11 heteroatoms. The van der Waals surface area contributed by atoms with Crippen molar-refractivity contribution in [1.29, 1.82) is 0 Å². The molecule has 48 heavy (non-hydrogen) atoms. The number of anilines is 3. The fraction of sp³-hybridized carbons (Fsp3) is 0.270. The number of fused-ring (bicyclic) bond motifs is 1. The highest BCUT2D eigenvalue weighted by Crippen LogP contribution is 2.37. The van der Waals surface area contributed by atoms with Crippen LogP contribution < -0.4 is 20.7 Å². The van der Waals surface area contributed by atoms with Gasteiger partial charge in [0, 0.05) is 26.7 Å². The van der Waals surface area contributed by atoms with Gasteiger partial charge in [0.25, 0.3) is 5.91 Å². The Kier molecular flexibility index (Phi) is 10.5. The van der Waals surface area contributed by atoms with Crippen LogP contribution in [0.15, 0.2) is 95.0 Å². The van der Waals surface area contributed by atoms with Gasteiger partial charge in [-0.2, -0.15) is 0 Å². The molecule has 248 valence electrons. The Morgan fingerprint density at radius 1 is 0.875 bits per heavy atom. The Labute approximate surface area is 285 Å². The molecule has 0 radical (unpaired) electrons. The molecule has 0 unspecified atom stereocenters. The smallest absolute Gasteiger partial charge is 0.412 e. The van der Waals surface area contributed by atoms with Crippen LogP contribution in [0.1, 0.15) is 75.1 Å². The van der Waals surface area contributed by atoms with Gasteiger partial charge in [-0.05, 0) is 106 Å². The predicted octanol–water partition coefficient (Wildman–Crippen LogP) is 8.89. The molecule has 0 aliphatic rings. The van der Waals surface area contributed by atoms with Gasteiger partial charge in [-0.3, -0.25) is 10.1 Å². The van der Waals surface area contributed by atoms with Gasteiger partial charge in [-0.25, -0.2) is 19.7 Å². The van der Waals surface area contributed by atoms with E-state index in [0.717, 1.165) is 32.2 Å². The van der Waals surface area contributed by atoms with Gasteiger partial charge in [0.15, 0.2) is 5.65 Å². The molecular formula is C37H40N6O4S. The van der Waals surface area contributed by atoms with Crippen LogP contribution in [-0.4, -0.2) is 39.7 Å². The highest BCUT2D eigenvalue weighted by Gasteiger charge is 2.18. The lowest BCUT2D eigenvalue weighted by atomic mass is 10.1. The SMILES string of the molecule is COc1ccc([C@H](C)NC(=O)c2ccc(Sc3ccc(NC(=O)OC(C)(C)C)cc3)c(Nc3ncnc4nc(C(C)C)ccc34)c2)cc1. The van der Waals surface area contributed by atoms with E-state index in [4.69, 9.17) is 14.5 Å². The molecule has 3 N–H and O–H groups in total. The first kappa shape index (κ1) is 34.2. The number of ether oxygens (including phenoxy) is 2. The van der Waals surface area contributed by atoms with Crippen LogP contribution in [0.5, 0.6) is 5.75 Å². The molecular weight excluding hydrogens is 625 g/mol. The van der Waals surface area contributed by atoms with Crippen LogP contribution in [0.2, 0.25) is 0 Å². The molecule has 0 fully saturated rings. The van der Waals surface area contributed by atoms with Gasteiger partial charge in [0.1, 0.15) is 23.5 Å². The molecule has 5 rings (SSSR count). The maximum absolute atomic E-state index is 13.5. The first-order valence-electron chi connectivity index (χ1n) is 15.6. The number of nitrogens with zero attached hydrogens (tertiary/aromatic N) is 3. The van der Waals surface area contributed by atoms with E-state index in [0.29, 0.717) is 28.4 Å². The van der Waals surface area contributed by atoms with Crippen LogP contribution in [0.3, 0.4) is 0 Å². The van der Waals surface area contributed by atoms with Gasteiger partial charge < -0.3 is 20.1 Å². The highest BCUT2D eigenvalue weighted by molar-refractivity contribution is 7.99. The molecule has 2 aromatic heterocycles. The average Bonchev–Trinajstić information content (AvgIpc) is 3.05. The number of amides is 2. The largest absolute Gasteiger partial charge is 0.497 e. The lowest BCUT2D eigenvalue weighted by Crippen LogP contribution is -2.27. The van der Waals surface area contributed by atoms with Crippen LogP contribution in [-0.2, 0) is 4.74 Å². The number of rotatable bonds is 10. The third-order valence-corrected chi connectivity index (χ3v) is 8.38. The summed E-state index contributed by atoms with van der Waals surface area (Å²) in [5.41, 5.74) is 3.68. The first-order valence-corrected chi connectivity index (χ1v) is 16.5. The Bertz CT molecular complexity index is 1910. The number of carbonyl (C=O) groups excluding carboxylic acids is 2. The van der Waals surface area contributed by atoms with Crippen LogP contribution >= 0.6 is 11.8 Å². The number of aromatic nitrogens is 3. The monoisotopic (exact) mass is 664 g/mol. The van der Waals surface area contributed by atoms with Crippen molar-refractivity contribution in [1.82, 2.24) is 20.3 Å². The molecule has 3 aromatic carbocycles. The van der Waals surface area contributed by atoms with E-state index in [9.17, 15) is 9.59 Å². The summed E-state index contributed by atoms with van der Waals surface area (Å²) in [6, 6.07) is 24.3. The first-order chi connectivity index (χ1) is 22.9. The van der Waals surface area contributed by atoms with E-state index in [-0.39, 0.29) is 17.9 Å². The Morgan fingerprint density at radius 3 is 2.27 bits per heavy atom. The van der Waals surface area contributed by atoms with Gasteiger partial charge in [0.2, 0.25) is 0 Å². The van der Waals surface area contributed by atoms with E-state index in [2.05, 4.69) is 39.8 Å². The highest BCUT2D eigenvalue weighted by atomic mass is 32.2. The quantitative estimate of drug-likeness (QED) is 0.134. The second kappa shape index (κ2) is 14.7. The van der Waals surface area contributed by atoms with Gasteiger partial charge >= 0.3 is 6.09 Å². The zero-order valence-electron chi connectivity index (χ0n) is 28.1. The molecule has 10 nitrogen and oxygen atoms in total. The maximum atomic E-state index is 13.5. The molecule has 1 atom stereocenters. The molecule has 2 heterocycles. The molecule has 5 aromatic rings. The fourth-order valence-corrected chi connectivity index (χ4v) is 5.66. The summed E-state index contributed by atoms with van der Waals surface area (Å²) in [5.74, 6) is 1.37. The number of carbonyl (C=O) groups is 2. The number of pyridine rings is 1. The summed E-state index contributed by atoms with van der Waals surface area (Å²) in [6.07, 6.45) is 0.967. The van der Waals surface area contributed by atoms with E-state index in [1.807, 2.05) is 100 Å². The zero-order valence-corrected chi connectivity index (χ0v) is 28.9. The van der Waals surface area contributed by atoms with E-state index in [1.165, 1.54) is 18.1 Å². The minimum absolute atomic E-state index is 0.216. The minimum Gasteiger partial charge on any atom is -0.497 e. The normalized spacial score (nSPS) is 12.0. The number of hydrogen-bond acceptors (Lipinski definition) is 9. The minimum atomic E-state index is -0.595. The number of benzene rings is 3. The standard InChI is InChI=1S/C37H40N6O4S/c1-22(2)30-18-17-29-33(42-30)38-21-39-34(29)43-31-20-25(35(44)40-23(3)24-8-13-27(46-7)14-9-24)10-19-32(31)48-28-15-11-26(12-16-28)41-36(45)47-37(4,5)6/h8-23H,1-7H3,(H,40,44)(H,41,45)(H,38,39,42,43)/t23-/m0/s1. The Hall–Kier alpha value is -5.16. The van der Waals surface area contributed by atoms with Crippen molar-refractivity contribution >= 4 is 52.0 Å². The molecule has 0 bridgehead atoms. The molecule has 0 saturated heterocycles. The Balaban J connectivity index is 1.43. The summed E-state index contributed by atoms with van der Waals surface area (Å²) < 4.78 is 10.6. The number of nitrogens with one attached hydrogen (secondary N) is 3. The molecule has 0 aliphatic carbocycles. The lowest BCUT2D eigenvalue weighted by molar-refractivity contribution is 0.0635. The zero-order chi connectivity index (χ0) is 34.4. The van der Waals surface area contributed by atoms with Crippen LogP contribution in [0.4, 0.5) is 22.0 Å². The second-order valence-corrected chi connectivity index (χ2v) is 13.7. The Morgan fingerprint density at radius 2 is 1.60 bits per heavy atom. The maximum Gasteiger partial charge on any atom is 0.412 e. The molecule has 0 saturated carbocycles. The summed E-state index contributed by atoms with van der Waals surface area (Å²) in [6.45, 7) is 11.6. The van der Waals surface area contributed by atoms with E-state index < -0.39 is 11.7 Å². The van der Waals surface area contributed by atoms with Crippen molar-refractivity contribution in [3.63, 3.8) is 0 Å². The van der Waals surface area contributed by atoms with Gasteiger partial charge in [-0.1, -0.05) is 37.7 Å². The third kappa shape index (κ3) is 8.80. The van der Waals surface area contributed by atoms with E-state index in [1.54, 1.807) is 13.2 Å². The van der Waals surface area contributed by atoms with Crippen molar-refractivity contribution in [3.05, 3.63) is 102 Å². The van der Waals surface area contributed by atoms with Crippen molar-refractivity contribution in [2.45, 2.75) is 68.9 Å². The summed E-state index contributed by atoms with van der Waals surface area (Å²) in [5, 5.41) is 10.1. The summed E-state index contributed by atoms with van der Waals surface area (Å²) in [7, 11) is 1.62. The van der Waals surface area contributed by atoms with Crippen molar-refractivity contribution < 1.29 is 19.1 Å². The summed E-state index contributed by atoms with van der Waals surface area (Å²) >= 11 is 1.51. The van der Waals surface area contributed by atoms with E-state index >= 15 is 0 Å². The van der Waals surface area contributed by atoms with Gasteiger partial charge in [-0.15, -0.1) is 0 Å². The second-order valence-electron chi connectivity index (χ2n) is 12.5. The molecule has 0 spiro atoms. The van der Waals surface area contributed by atoms with Gasteiger partial charge in [0.05, 0.1) is 24.2 Å². The predicted molar refractivity (Wildman–Crippen MR) is 190 cm³/mol. The van der Waals surface area contributed by atoms with Crippen LogP contribution in [0.25, 0.3) is 11.0 Å². The number of hydrogen-bond donors (Lipinski definition) is 3. The van der Waals surface area contributed by atoms with Crippen molar-refractivity contribution in [2.24, 2.45) is 0 Å². The number of methoxy groups -OCH3 is 1.